The van der Waals surface area contributed by atoms with Crippen molar-refractivity contribution in [3.63, 3.8) is 0 Å². The summed E-state index contributed by atoms with van der Waals surface area (Å²) in [5.41, 5.74) is 4.38. The van der Waals surface area contributed by atoms with E-state index in [1.165, 1.54) is 11.1 Å². The molecule has 1 N–H and O–H groups in total. The number of rotatable bonds is 6. The normalized spacial score (nSPS) is 12.6. The van der Waals surface area contributed by atoms with Crippen LogP contribution in [0, 0.1) is 6.92 Å². The molecule has 0 fully saturated rings. The Morgan fingerprint density at radius 3 is 2.65 bits per heavy atom. The average Bonchev–Trinajstić information content (AvgIpc) is 2.93. The number of aromatic nitrogens is 4. The monoisotopic (exact) mass is 273 g/mol. The smallest absolute Gasteiger partial charge is 0.0679 e. The minimum Gasteiger partial charge on any atom is -0.306 e. The van der Waals surface area contributed by atoms with E-state index in [0.29, 0.717) is 0 Å². The van der Waals surface area contributed by atoms with Gasteiger partial charge in [0, 0.05) is 18.3 Å². The molecule has 0 aliphatic rings. The highest BCUT2D eigenvalue weighted by Crippen LogP contribution is 2.24. The fraction of sp³-hybridized carbons (Fsp3) is 0.533. The number of hydrogen-bond donors (Lipinski definition) is 1. The Bertz CT molecular complexity index is 561. The van der Waals surface area contributed by atoms with Crippen LogP contribution < -0.4 is 5.32 Å². The Hall–Kier alpha value is -1.75. The number of aryl methyl sites for hydroxylation is 3. The fourth-order valence-corrected chi connectivity index (χ4v) is 2.37. The van der Waals surface area contributed by atoms with E-state index in [9.17, 15) is 0 Å². The zero-order valence-electron chi connectivity index (χ0n) is 12.7. The molecule has 2 heterocycles. The first-order chi connectivity index (χ1) is 9.69. The molecule has 2 aromatic rings. The summed E-state index contributed by atoms with van der Waals surface area (Å²) in [6, 6.07) is 2.26. The molecule has 0 aliphatic heterocycles. The Morgan fingerprint density at radius 1 is 1.25 bits per heavy atom. The van der Waals surface area contributed by atoms with Crippen molar-refractivity contribution in [3.8, 4) is 0 Å². The maximum absolute atomic E-state index is 4.38. The number of hydrogen-bond acceptors (Lipinski definition) is 4. The van der Waals surface area contributed by atoms with Gasteiger partial charge < -0.3 is 5.32 Å². The van der Waals surface area contributed by atoms with Crippen molar-refractivity contribution in [1.29, 1.82) is 0 Å². The van der Waals surface area contributed by atoms with E-state index in [1.54, 1.807) is 0 Å². The summed E-state index contributed by atoms with van der Waals surface area (Å²) in [5.74, 6) is 0. The topological polar surface area (TPSA) is 55.6 Å². The van der Waals surface area contributed by atoms with Crippen LogP contribution in [0.25, 0.3) is 0 Å². The first kappa shape index (κ1) is 14.7. The molecule has 0 bridgehead atoms. The van der Waals surface area contributed by atoms with Crippen molar-refractivity contribution in [2.24, 2.45) is 0 Å². The maximum Gasteiger partial charge on any atom is 0.0679 e. The Kier molecular flexibility index (Phi) is 4.84. The third-order valence-electron chi connectivity index (χ3n) is 3.39. The van der Waals surface area contributed by atoms with Crippen molar-refractivity contribution in [2.75, 3.05) is 6.54 Å². The van der Waals surface area contributed by atoms with Gasteiger partial charge in [-0.25, -0.2) is 0 Å². The number of nitrogens with zero attached hydrogens (tertiary/aromatic N) is 4. The van der Waals surface area contributed by atoms with Gasteiger partial charge in [0.1, 0.15) is 0 Å². The predicted octanol–water partition coefficient (Wildman–Crippen LogP) is 2.26. The summed E-state index contributed by atoms with van der Waals surface area (Å²) in [7, 11) is 0. The lowest BCUT2D eigenvalue weighted by Crippen LogP contribution is -2.23. The van der Waals surface area contributed by atoms with E-state index in [0.717, 1.165) is 30.9 Å². The Labute approximate surface area is 120 Å². The van der Waals surface area contributed by atoms with Crippen LogP contribution in [0.3, 0.4) is 0 Å². The quantitative estimate of drug-likeness (QED) is 0.877. The van der Waals surface area contributed by atoms with Crippen molar-refractivity contribution in [2.45, 2.75) is 46.7 Å². The van der Waals surface area contributed by atoms with E-state index in [1.807, 2.05) is 17.8 Å². The van der Waals surface area contributed by atoms with Crippen LogP contribution in [0.5, 0.6) is 0 Å². The third-order valence-corrected chi connectivity index (χ3v) is 3.39. The van der Waals surface area contributed by atoms with Gasteiger partial charge in [-0.15, -0.1) is 0 Å². The molecular weight excluding hydrogens is 250 g/mol. The lowest BCUT2D eigenvalue weighted by Gasteiger charge is -2.19. The van der Waals surface area contributed by atoms with Gasteiger partial charge in [0.15, 0.2) is 0 Å². The summed E-state index contributed by atoms with van der Waals surface area (Å²) in [6.07, 6.45) is 4.92. The van der Waals surface area contributed by atoms with Gasteiger partial charge >= 0.3 is 0 Å². The number of nitrogens with one attached hydrogen (secondary N) is 1. The molecular formula is C15H23N5. The molecule has 5 heteroatoms. The molecule has 0 saturated heterocycles. The second kappa shape index (κ2) is 6.61. The molecule has 108 valence electrons. The van der Waals surface area contributed by atoms with Gasteiger partial charge in [-0.3, -0.25) is 4.68 Å². The lowest BCUT2D eigenvalue weighted by atomic mass is 9.98. The highest BCUT2D eigenvalue weighted by atomic mass is 15.3. The SMILES string of the molecule is CCNC(c1cnn(CC)c1)c1cc(C)nnc1CC. The van der Waals surface area contributed by atoms with Crippen molar-refractivity contribution in [3.05, 3.63) is 41.0 Å². The highest BCUT2D eigenvalue weighted by molar-refractivity contribution is 5.32. The lowest BCUT2D eigenvalue weighted by molar-refractivity contribution is 0.613. The molecule has 0 saturated carbocycles. The molecule has 0 spiro atoms. The molecule has 20 heavy (non-hydrogen) atoms. The van der Waals surface area contributed by atoms with E-state index >= 15 is 0 Å². The first-order valence-corrected chi connectivity index (χ1v) is 7.28. The Balaban J connectivity index is 2.44. The van der Waals surface area contributed by atoms with Crippen LogP contribution in [-0.4, -0.2) is 26.5 Å². The fourth-order valence-electron chi connectivity index (χ4n) is 2.37. The second-order valence-corrected chi connectivity index (χ2v) is 4.86. The minimum absolute atomic E-state index is 0.129. The summed E-state index contributed by atoms with van der Waals surface area (Å²) < 4.78 is 1.95. The molecule has 0 amide bonds. The largest absolute Gasteiger partial charge is 0.306 e. The summed E-state index contributed by atoms with van der Waals surface area (Å²) in [4.78, 5) is 0. The predicted molar refractivity (Wildman–Crippen MR) is 79.6 cm³/mol. The van der Waals surface area contributed by atoms with Gasteiger partial charge in [0.25, 0.3) is 0 Å². The van der Waals surface area contributed by atoms with Crippen molar-refractivity contribution in [1.82, 2.24) is 25.3 Å². The van der Waals surface area contributed by atoms with E-state index in [-0.39, 0.29) is 6.04 Å². The van der Waals surface area contributed by atoms with Gasteiger partial charge in [-0.1, -0.05) is 13.8 Å². The van der Waals surface area contributed by atoms with Crippen LogP contribution >= 0.6 is 0 Å². The average molecular weight is 273 g/mol. The molecule has 5 nitrogen and oxygen atoms in total. The van der Waals surface area contributed by atoms with E-state index < -0.39 is 0 Å². The summed E-state index contributed by atoms with van der Waals surface area (Å²) in [6.45, 7) is 10.1. The van der Waals surface area contributed by atoms with Crippen molar-refractivity contribution >= 4 is 0 Å². The van der Waals surface area contributed by atoms with Crippen LogP contribution in [0.2, 0.25) is 0 Å². The molecule has 2 aromatic heterocycles. The maximum atomic E-state index is 4.38. The molecule has 0 radical (unpaired) electrons. The van der Waals surface area contributed by atoms with Gasteiger partial charge in [0.2, 0.25) is 0 Å². The standard InChI is InChI=1S/C15H23N5/c1-5-14-13(8-11(4)18-19-14)15(16-6-2)12-9-17-20(7-3)10-12/h8-10,15-16H,5-7H2,1-4H3. The van der Waals surface area contributed by atoms with Crippen LogP contribution in [0.1, 0.15) is 49.3 Å². The summed E-state index contributed by atoms with van der Waals surface area (Å²) >= 11 is 0. The third kappa shape index (κ3) is 3.04. The van der Waals surface area contributed by atoms with E-state index in [2.05, 4.69) is 53.6 Å². The van der Waals surface area contributed by atoms with Gasteiger partial charge in [-0.05, 0) is 38.4 Å². The van der Waals surface area contributed by atoms with Crippen LogP contribution in [0.4, 0.5) is 0 Å². The van der Waals surface area contributed by atoms with Crippen LogP contribution in [0.15, 0.2) is 18.5 Å². The molecule has 1 unspecified atom stereocenters. The van der Waals surface area contributed by atoms with Gasteiger partial charge in [-0.2, -0.15) is 15.3 Å². The second-order valence-electron chi connectivity index (χ2n) is 4.86. The minimum atomic E-state index is 0.129. The van der Waals surface area contributed by atoms with Gasteiger partial charge in [0.05, 0.1) is 23.6 Å². The molecule has 2 rings (SSSR count). The summed E-state index contributed by atoms with van der Waals surface area (Å²) in [5, 5.41) is 16.4. The van der Waals surface area contributed by atoms with Crippen LogP contribution in [-0.2, 0) is 13.0 Å². The Morgan fingerprint density at radius 2 is 2.05 bits per heavy atom. The molecule has 0 aromatic carbocycles. The zero-order valence-corrected chi connectivity index (χ0v) is 12.7. The van der Waals surface area contributed by atoms with E-state index in [4.69, 9.17) is 0 Å². The van der Waals surface area contributed by atoms with Crippen molar-refractivity contribution < 1.29 is 0 Å². The zero-order chi connectivity index (χ0) is 14.5. The molecule has 1 atom stereocenters. The first-order valence-electron chi connectivity index (χ1n) is 7.28. The molecule has 0 aliphatic carbocycles. The highest BCUT2D eigenvalue weighted by Gasteiger charge is 2.19.